The number of hydrogen-bond acceptors (Lipinski definition) is 4. The van der Waals surface area contributed by atoms with Gasteiger partial charge in [-0.25, -0.2) is 4.39 Å². The van der Waals surface area contributed by atoms with Crippen LogP contribution in [0.2, 0.25) is 0 Å². The number of benzene rings is 1. The van der Waals surface area contributed by atoms with Gasteiger partial charge in [-0.15, -0.1) is 0 Å². The van der Waals surface area contributed by atoms with E-state index in [0.717, 1.165) is 12.8 Å². The van der Waals surface area contributed by atoms with Crippen LogP contribution in [0.4, 0.5) is 4.39 Å². The molecule has 1 unspecified atom stereocenters. The van der Waals surface area contributed by atoms with Crippen molar-refractivity contribution < 1.29 is 8.91 Å². The van der Waals surface area contributed by atoms with Crippen LogP contribution in [-0.4, -0.2) is 10.1 Å². The number of nitrogens with zero attached hydrogens (tertiary/aromatic N) is 2. The average Bonchev–Trinajstić information content (AvgIpc) is 2.78. The normalized spacial score (nSPS) is 12.7. The van der Waals surface area contributed by atoms with Gasteiger partial charge in [0.25, 0.3) is 5.89 Å². The first-order chi connectivity index (χ1) is 8.63. The van der Waals surface area contributed by atoms with Crippen molar-refractivity contribution in [2.45, 2.75) is 25.8 Å². The lowest BCUT2D eigenvalue weighted by molar-refractivity contribution is 0.411. The van der Waals surface area contributed by atoms with E-state index < -0.39 is 5.82 Å². The summed E-state index contributed by atoms with van der Waals surface area (Å²) in [5.41, 5.74) is 6.15. The molecule has 96 valence electrons. The van der Waals surface area contributed by atoms with Gasteiger partial charge in [0.15, 0.2) is 5.82 Å². The lowest BCUT2D eigenvalue weighted by Gasteiger charge is -2.03. The van der Waals surface area contributed by atoms with Crippen LogP contribution < -0.4 is 5.73 Å². The summed E-state index contributed by atoms with van der Waals surface area (Å²) in [7, 11) is 0. The molecule has 0 aliphatic carbocycles. The molecule has 0 radical (unpaired) electrons. The van der Waals surface area contributed by atoms with E-state index in [1.807, 2.05) is 6.92 Å². The number of rotatable bonds is 4. The fraction of sp³-hybridized carbons (Fsp3) is 0.333. The molecule has 0 fully saturated rings. The van der Waals surface area contributed by atoms with Crippen LogP contribution in [0.3, 0.4) is 0 Å². The van der Waals surface area contributed by atoms with Crippen LogP contribution in [0.25, 0.3) is 11.5 Å². The Hall–Kier alpha value is -1.27. The highest BCUT2D eigenvalue weighted by Gasteiger charge is 2.19. The average molecular weight is 314 g/mol. The van der Waals surface area contributed by atoms with Gasteiger partial charge in [-0.1, -0.05) is 24.6 Å². The second kappa shape index (κ2) is 5.58. The summed E-state index contributed by atoms with van der Waals surface area (Å²) < 4.78 is 19.3. The van der Waals surface area contributed by atoms with Crippen LogP contribution in [0.1, 0.15) is 31.6 Å². The highest BCUT2D eigenvalue weighted by atomic mass is 79.9. The summed E-state index contributed by atoms with van der Waals surface area (Å²) in [6.07, 6.45) is 1.69. The van der Waals surface area contributed by atoms with E-state index in [-0.39, 0.29) is 17.5 Å². The smallest absolute Gasteiger partial charge is 0.262 e. The summed E-state index contributed by atoms with van der Waals surface area (Å²) in [4.78, 5) is 4.15. The van der Waals surface area contributed by atoms with Gasteiger partial charge in [0.1, 0.15) is 5.82 Å². The molecule has 1 aromatic carbocycles. The van der Waals surface area contributed by atoms with Crippen molar-refractivity contribution in [1.82, 2.24) is 10.1 Å². The topological polar surface area (TPSA) is 64.9 Å². The van der Waals surface area contributed by atoms with Gasteiger partial charge in [-0.3, -0.25) is 0 Å². The van der Waals surface area contributed by atoms with Crippen molar-refractivity contribution in [3.63, 3.8) is 0 Å². The van der Waals surface area contributed by atoms with Gasteiger partial charge < -0.3 is 10.3 Å². The minimum Gasteiger partial charge on any atom is -0.334 e. The van der Waals surface area contributed by atoms with Crippen molar-refractivity contribution in [3.05, 3.63) is 34.3 Å². The fourth-order valence-corrected chi connectivity index (χ4v) is 2.14. The predicted octanol–water partition coefficient (Wildman–Crippen LogP) is 3.44. The van der Waals surface area contributed by atoms with Crippen LogP contribution in [0, 0.1) is 5.82 Å². The monoisotopic (exact) mass is 313 g/mol. The Bertz CT molecular complexity index is 524. The van der Waals surface area contributed by atoms with Gasteiger partial charge in [0.2, 0.25) is 0 Å². The maximum atomic E-state index is 13.7. The molecule has 2 aromatic rings. The van der Waals surface area contributed by atoms with Crippen LogP contribution in [0.5, 0.6) is 0 Å². The molecule has 2 N–H and O–H groups in total. The largest absolute Gasteiger partial charge is 0.334 e. The molecule has 1 heterocycles. The molecule has 6 heteroatoms. The lowest BCUT2D eigenvalue weighted by atomic mass is 10.1. The quantitative estimate of drug-likeness (QED) is 0.939. The molecule has 0 aliphatic rings. The van der Waals surface area contributed by atoms with Gasteiger partial charge in [0.05, 0.1) is 11.6 Å². The zero-order valence-electron chi connectivity index (χ0n) is 9.86. The summed E-state index contributed by atoms with van der Waals surface area (Å²) in [6.45, 7) is 2.02. The Morgan fingerprint density at radius 1 is 1.50 bits per heavy atom. The zero-order valence-corrected chi connectivity index (χ0v) is 11.4. The summed E-state index contributed by atoms with van der Waals surface area (Å²) in [6, 6.07) is 4.38. The highest BCUT2D eigenvalue weighted by molar-refractivity contribution is 9.10. The first kappa shape index (κ1) is 13.2. The summed E-state index contributed by atoms with van der Waals surface area (Å²) >= 11 is 3.26. The van der Waals surface area contributed by atoms with Gasteiger partial charge in [-0.05, 0) is 34.5 Å². The van der Waals surface area contributed by atoms with Crippen LogP contribution >= 0.6 is 15.9 Å². The molecule has 0 saturated heterocycles. The zero-order chi connectivity index (χ0) is 13.1. The number of halogens is 2. The van der Waals surface area contributed by atoms with E-state index in [4.69, 9.17) is 10.3 Å². The first-order valence-electron chi connectivity index (χ1n) is 5.67. The first-order valence-corrected chi connectivity index (χ1v) is 6.46. The number of hydrogen-bond donors (Lipinski definition) is 1. The van der Waals surface area contributed by atoms with Crippen LogP contribution in [-0.2, 0) is 0 Å². The number of nitrogens with two attached hydrogens (primary N) is 1. The third kappa shape index (κ3) is 2.59. The molecule has 1 atom stereocenters. The maximum Gasteiger partial charge on any atom is 0.262 e. The molecule has 0 aliphatic heterocycles. The molecule has 0 bridgehead atoms. The number of aromatic nitrogens is 2. The molecule has 1 aromatic heterocycles. The SMILES string of the molecule is CCCC(N)c1noc(-c2c(F)cccc2Br)n1. The third-order valence-electron chi connectivity index (χ3n) is 2.55. The lowest BCUT2D eigenvalue weighted by Crippen LogP contribution is -2.11. The molecule has 18 heavy (non-hydrogen) atoms. The van der Waals surface area contributed by atoms with E-state index in [1.54, 1.807) is 12.1 Å². The van der Waals surface area contributed by atoms with Gasteiger partial charge >= 0.3 is 0 Å². The minimum absolute atomic E-state index is 0.140. The highest BCUT2D eigenvalue weighted by Crippen LogP contribution is 2.30. The minimum atomic E-state index is -0.413. The van der Waals surface area contributed by atoms with Crippen molar-refractivity contribution in [2.24, 2.45) is 5.73 Å². The Kier molecular flexibility index (Phi) is 4.08. The van der Waals surface area contributed by atoms with Crippen molar-refractivity contribution in [1.29, 1.82) is 0 Å². The van der Waals surface area contributed by atoms with E-state index in [0.29, 0.717) is 10.3 Å². The standard InChI is InChI=1S/C12H13BrFN3O/c1-2-4-9(15)11-16-12(18-17-11)10-7(13)5-3-6-8(10)14/h3,5-6,9H,2,4,15H2,1H3. The van der Waals surface area contributed by atoms with Crippen molar-refractivity contribution in [2.75, 3.05) is 0 Å². The van der Waals surface area contributed by atoms with E-state index in [2.05, 4.69) is 26.1 Å². The molecule has 0 amide bonds. The Morgan fingerprint density at radius 3 is 2.94 bits per heavy atom. The molecule has 2 rings (SSSR count). The fourth-order valence-electron chi connectivity index (χ4n) is 1.63. The van der Waals surface area contributed by atoms with Crippen LogP contribution in [0.15, 0.2) is 27.2 Å². The molecular weight excluding hydrogens is 301 g/mol. The molecule has 4 nitrogen and oxygen atoms in total. The molecule has 0 saturated carbocycles. The molecule has 0 spiro atoms. The maximum absolute atomic E-state index is 13.7. The van der Waals surface area contributed by atoms with E-state index in [1.165, 1.54) is 6.07 Å². The third-order valence-corrected chi connectivity index (χ3v) is 3.21. The van der Waals surface area contributed by atoms with Crippen molar-refractivity contribution in [3.8, 4) is 11.5 Å². The Labute approximate surface area is 113 Å². The van der Waals surface area contributed by atoms with E-state index >= 15 is 0 Å². The Balaban J connectivity index is 2.35. The van der Waals surface area contributed by atoms with Crippen molar-refractivity contribution >= 4 is 15.9 Å². The summed E-state index contributed by atoms with van der Waals surface area (Å²) in [5.74, 6) is 0.132. The predicted molar refractivity (Wildman–Crippen MR) is 69.2 cm³/mol. The van der Waals surface area contributed by atoms with E-state index in [9.17, 15) is 4.39 Å². The Morgan fingerprint density at radius 2 is 2.28 bits per heavy atom. The summed E-state index contributed by atoms with van der Waals surface area (Å²) in [5, 5.41) is 3.79. The molecular formula is C12H13BrFN3O. The van der Waals surface area contributed by atoms with Gasteiger partial charge in [0, 0.05) is 4.47 Å². The second-order valence-electron chi connectivity index (χ2n) is 3.95. The van der Waals surface area contributed by atoms with Gasteiger partial charge in [-0.2, -0.15) is 4.98 Å². The second-order valence-corrected chi connectivity index (χ2v) is 4.80.